The molecule has 0 amide bonds. The van der Waals surface area contributed by atoms with Gasteiger partial charge in [0.25, 0.3) is 0 Å². The van der Waals surface area contributed by atoms with E-state index in [0.717, 1.165) is 18.5 Å². The summed E-state index contributed by atoms with van der Waals surface area (Å²) < 4.78 is 2.46. The van der Waals surface area contributed by atoms with Crippen LogP contribution in [-0.2, 0) is 13.0 Å². The van der Waals surface area contributed by atoms with Crippen LogP contribution in [0.1, 0.15) is 69.7 Å². The fourth-order valence-electron chi connectivity index (χ4n) is 4.54. The van der Waals surface area contributed by atoms with Crippen LogP contribution in [0.15, 0.2) is 78.9 Å². The van der Waals surface area contributed by atoms with Crippen LogP contribution in [0.5, 0.6) is 0 Å². The Kier molecular flexibility index (Phi) is 8.14. The summed E-state index contributed by atoms with van der Waals surface area (Å²) in [5, 5.41) is 0. The Balaban J connectivity index is 1.41. The lowest BCUT2D eigenvalue weighted by Gasteiger charge is -2.10. The monoisotopic (exact) mass is 424 g/mol. The van der Waals surface area contributed by atoms with Gasteiger partial charge in [0, 0.05) is 13.0 Å². The number of nitrogens with zero attached hydrogens (tertiary/aromatic N) is 2. The van der Waals surface area contributed by atoms with E-state index in [1.165, 1.54) is 79.4 Å². The number of fused-ring (bicyclic) bond motifs is 1. The van der Waals surface area contributed by atoms with Gasteiger partial charge in [0.1, 0.15) is 5.82 Å². The molecule has 2 heteroatoms. The van der Waals surface area contributed by atoms with E-state index in [0.29, 0.717) is 0 Å². The van der Waals surface area contributed by atoms with Crippen LogP contribution in [0.25, 0.3) is 22.2 Å². The molecule has 0 unspecified atom stereocenters. The maximum Gasteiger partial charge on any atom is 0.114 e. The summed E-state index contributed by atoms with van der Waals surface area (Å²) in [4.78, 5) is 5.00. The minimum absolute atomic E-state index is 0.876. The molecule has 0 saturated heterocycles. The quantitative estimate of drug-likeness (QED) is 0.209. The molecule has 0 N–H and O–H groups in total. The number of rotatable bonds is 12. The highest BCUT2D eigenvalue weighted by Crippen LogP contribution is 2.23. The molecule has 1 heterocycles. The standard InChI is InChI=1S/C30H36N2/c1-2-3-4-5-6-7-8-14-23-32-29-18-13-12-17-28(29)31-30(32)24-25-19-21-27(22-20-25)26-15-10-9-11-16-26/h9-13,15-22H,2-8,14,23-24H2,1H3. The average molecular weight is 425 g/mol. The molecule has 32 heavy (non-hydrogen) atoms. The van der Waals surface area contributed by atoms with Crippen molar-refractivity contribution in [3.8, 4) is 11.1 Å². The van der Waals surface area contributed by atoms with Crippen molar-refractivity contribution in [2.75, 3.05) is 0 Å². The third-order valence-electron chi connectivity index (χ3n) is 6.39. The molecule has 0 aliphatic carbocycles. The Morgan fingerprint density at radius 3 is 2.00 bits per heavy atom. The third-order valence-corrected chi connectivity index (χ3v) is 6.39. The predicted molar refractivity (Wildman–Crippen MR) is 137 cm³/mol. The predicted octanol–water partition coefficient (Wildman–Crippen LogP) is 8.43. The highest BCUT2D eigenvalue weighted by molar-refractivity contribution is 5.76. The van der Waals surface area contributed by atoms with Gasteiger partial charge >= 0.3 is 0 Å². The summed E-state index contributed by atoms with van der Waals surface area (Å²) in [6.07, 6.45) is 11.7. The van der Waals surface area contributed by atoms with Crippen LogP contribution in [0.3, 0.4) is 0 Å². The van der Waals surface area contributed by atoms with E-state index in [4.69, 9.17) is 4.98 Å². The zero-order valence-corrected chi connectivity index (χ0v) is 19.5. The number of para-hydroxylation sites is 2. The lowest BCUT2D eigenvalue weighted by Crippen LogP contribution is -2.05. The molecule has 4 rings (SSSR count). The number of aryl methyl sites for hydroxylation is 1. The molecule has 0 bridgehead atoms. The second kappa shape index (κ2) is 11.7. The Morgan fingerprint density at radius 1 is 0.625 bits per heavy atom. The first-order valence-electron chi connectivity index (χ1n) is 12.4. The molecule has 3 aromatic carbocycles. The van der Waals surface area contributed by atoms with E-state index < -0.39 is 0 Å². The Bertz CT molecular complexity index is 1080. The van der Waals surface area contributed by atoms with Crippen molar-refractivity contribution >= 4 is 11.0 Å². The second-order valence-corrected chi connectivity index (χ2v) is 8.88. The summed E-state index contributed by atoms with van der Waals surface area (Å²) in [6.45, 7) is 3.34. The third kappa shape index (κ3) is 5.88. The lowest BCUT2D eigenvalue weighted by atomic mass is 10.0. The number of imidazole rings is 1. The Hall–Kier alpha value is -2.87. The molecule has 0 aliphatic rings. The van der Waals surface area contributed by atoms with E-state index in [2.05, 4.69) is 90.4 Å². The van der Waals surface area contributed by atoms with Crippen LogP contribution < -0.4 is 0 Å². The van der Waals surface area contributed by atoms with Crippen molar-refractivity contribution in [1.82, 2.24) is 9.55 Å². The molecular formula is C30H36N2. The van der Waals surface area contributed by atoms with E-state index in [9.17, 15) is 0 Å². The van der Waals surface area contributed by atoms with Crippen LogP contribution in [0, 0.1) is 0 Å². The summed E-state index contributed by atoms with van der Waals surface area (Å²) in [7, 11) is 0. The van der Waals surface area contributed by atoms with Crippen molar-refractivity contribution in [2.24, 2.45) is 0 Å². The van der Waals surface area contributed by atoms with Gasteiger partial charge in [0.15, 0.2) is 0 Å². The van der Waals surface area contributed by atoms with E-state index in [1.54, 1.807) is 0 Å². The van der Waals surface area contributed by atoms with Gasteiger partial charge in [-0.1, -0.05) is 119 Å². The number of hydrogen-bond acceptors (Lipinski definition) is 1. The van der Waals surface area contributed by atoms with Gasteiger partial charge in [-0.3, -0.25) is 0 Å². The van der Waals surface area contributed by atoms with Gasteiger partial charge in [0.2, 0.25) is 0 Å². The van der Waals surface area contributed by atoms with Crippen LogP contribution in [0.2, 0.25) is 0 Å². The lowest BCUT2D eigenvalue weighted by molar-refractivity contribution is 0.542. The molecule has 0 atom stereocenters. The van der Waals surface area contributed by atoms with Gasteiger partial charge in [-0.25, -0.2) is 4.98 Å². The number of unbranched alkanes of at least 4 members (excludes halogenated alkanes) is 7. The number of hydrogen-bond donors (Lipinski definition) is 0. The minimum Gasteiger partial charge on any atom is -0.328 e. The van der Waals surface area contributed by atoms with Crippen LogP contribution in [0.4, 0.5) is 0 Å². The number of aromatic nitrogens is 2. The second-order valence-electron chi connectivity index (χ2n) is 8.88. The maximum atomic E-state index is 5.00. The van der Waals surface area contributed by atoms with Crippen molar-refractivity contribution < 1.29 is 0 Å². The molecule has 0 aliphatic heterocycles. The number of benzene rings is 3. The van der Waals surface area contributed by atoms with Crippen molar-refractivity contribution in [3.05, 3.63) is 90.3 Å². The van der Waals surface area contributed by atoms with Gasteiger partial charge in [-0.2, -0.15) is 0 Å². The fraction of sp³-hybridized carbons (Fsp3) is 0.367. The molecule has 166 valence electrons. The van der Waals surface area contributed by atoms with Gasteiger partial charge in [-0.15, -0.1) is 0 Å². The van der Waals surface area contributed by atoms with E-state index in [-0.39, 0.29) is 0 Å². The Morgan fingerprint density at radius 2 is 1.25 bits per heavy atom. The molecule has 0 radical (unpaired) electrons. The molecule has 2 nitrogen and oxygen atoms in total. The highest BCUT2D eigenvalue weighted by atomic mass is 15.1. The summed E-state index contributed by atoms with van der Waals surface area (Å²) >= 11 is 0. The van der Waals surface area contributed by atoms with Gasteiger partial charge < -0.3 is 4.57 Å². The molecule has 1 aromatic heterocycles. The van der Waals surface area contributed by atoms with E-state index in [1.807, 2.05) is 0 Å². The topological polar surface area (TPSA) is 17.8 Å². The van der Waals surface area contributed by atoms with Gasteiger partial charge in [-0.05, 0) is 35.2 Å². The average Bonchev–Trinajstić information content (AvgIpc) is 3.19. The minimum atomic E-state index is 0.876. The zero-order valence-electron chi connectivity index (χ0n) is 19.5. The molecule has 0 saturated carbocycles. The fourth-order valence-corrected chi connectivity index (χ4v) is 4.54. The van der Waals surface area contributed by atoms with Gasteiger partial charge in [0.05, 0.1) is 11.0 Å². The summed E-state index contributed by atoms with van der Waals surface area (Å²) in [5.74, 6) is 1.18. The van der Waals surface area contributed by atoms with Crippen LogP contribution in [-0.4, -0.2) is 9.55 Å². The first kappa shape index (κ1) is 22.3. The zero-order chi connectivity index (χ0) is 22.0. The molecular weight excluding hydrogens is 388 g/mol. The summed E-state index contributed by atoms with van der Waals surface area (Å²) in [6, 6.07) is 28.1. The normalized spacial score (nSPS) is 11.3. The maximum absolute atomic E-state index is 5.00. The first-order chi connectivity index (χ1) is 15.8. The highest BCUT2D eigenvalue weighted by Gasteiger charge is 2.11. The molecule has 0 fully saturated rings. The Labute approximate surface area is 193 Å². The largest absolute Gasteiger partial charge is 0.328 e. The van der Waals surface area contributed by atoms with Crippen molar-refractivity contribution in [2.45, 2.75) is 71.3 Å². The smallest absolute Gasteiger partial charge is 0.114 e. The van der Waals surface area contributed by atoms with E-state index >= 15 is 0 Å². The van der Waals surface area contributed by atoms with Crippen LogP contribution >= 0.6 is 0 Å². The summed E-state index contributed by atoms with van der Waals surface area (Å²) in [5.41, 5.74) is 6.23. The SMILES string of the molecule is CCCCCCCCCCn1c(Cc2ccc(-c3ccccc3)cc2)nc2ccccc21. The first-order valence-corrected chi connectivity index (χ1v) is 12.4. The van der Waals surface area contributed by atoms with Crippen molar-refractivity contribution in [1.29, 1.82) is 0 Å². The molecule has 4 aromatic rings. The van der Waals surface area contributed by atoms with Crippen molar-refractivity contribution in [3.63, 3.8) is 0 Å². The molecule has 0 spiro atoms.